The Bertz CT molecular complexity index is 279. The molecule has 68 valence electrons. The minimum Gasteiger partial charge on any atom is -0.492 e. The number of alkyl halides is 3. The highest BCUT2D eigenvalue weighted by atomic mass is 19.4. The molecule has 0 aromatic carbocycles. The smallest absolute Gasteiger partial charge is 0.396 e. The molecular weight excluding hydrogens is 173 g/mol. The fourth-order valence-corrected chi connectivity index (χ4v) is 0.831. The lowest BCUT2D eigenvalue weighted by Gasteiger charge is -2.04. The van der Waals surface area contributed by atoms with Crippen molar-refractivity contribution in [1.29, 1.82) is 0 Å². The lowest BCUT2D eigenvalue weighted by atomic mass is 10.4. The highest BCUT2D eigenvalue weighted by Crippen LogP contribution is 2.21. The van der Waals surface area contributed by atoms with Crippen LogP contribution in [0.1, 0.15) is 5.82 Å². The highest BCUT2D eigenvalue weighted by molar-refractivity contribution is 5.08. The Morgan fingerprint density at radius 1 is 1.58 bits per heavy atom. The van der Waals surface area contributed by atoms with Crippen LogP contribution in [0.4, 0.5) is 13.2 Å². The van der Waals surface area contributed by atoms with Gasteiger partial charge in [0.05, 0.1) is 6.20 Å². The molecule has 1 heterocycles. The van der Waals surface area contributed by atoms with Crippen molar-refractivity contribution in [1.82, 2.24) is 9.55 Å². The molecule has 0 unspecified atom stereocenters. The van der Waals surface area contributed by atoms with Crippen LogP contribution in [0.25, 0.3) is 0 Å². The molecule has 0 bridgehead atoms. The lowest BCUT2D eigenvalue weighted by molar-refractivity contribution is -0.128. The van der Waals surface area contributed by atoms with Crippen molar-refractivity contribution in [3.63, 3.8) is 0 Å². The third kappa shape index (κ3) is 2.14. The Morgan fingerprint density at radius 2 is 2.17 bits per heavy atom. The summed E-state index contributed by atoms with van der Waals surface area (Å²) in [4.78, 5) is 3.29. The summed E-state index contributed by atoms with van der Waals surface area (Å²) in [6.45, 7) is 0. The van der Waals surface area contributed by atoms with Gasteiger partial charge in [-0.25, -0.2) is 0 Å². The van der Waals surface area contributed by atoms with E-state index in [1.807, 2.05) is 0 Å². The van der Waals surface area contributed by atoms with Gasteiger partial charge in [-0.1, -0.05) is 0 Å². The monoisotopic (exact) mass is 180 g/mol. The Balaban J connectivity index is 2.82. The Morgan fingerprint density at radius 3 is 2.50 bits per heavy atom. The maximum atomic E-state index is 11.8. The molecule has 1 rings (SSSR count). The highest BCUT2D eigenvalue weighted by Gasteiger charge is 2.30. The number of hydrogen-bond donors (Lipinski definition) is 1. The Kier molecular flexibility index (Phi) is 1.99. The van der Waals surface area contributed by atoms with E-state index in [1.54, 1.807) is 0 Å². The van der Waals surface area contributed by atoms with Crippen LogP contribution in [0.15, 0.2) is 6.20 Å². The molecule has 0 aliphatic heterocycles. The summed E-state index contributed by atoms with van der Waals surface area (Å²) in [5, 5.41) is 8.73. The van der Waals surface area contributed by atoms with Crippen LogP contribution in [0, 0.1) is 0 Å². The van der Waals surface area contributed by atoms with Gasteiger partial charge < -0.3 is 9.67 Å². The van der Waals surface area contributed by atoms with Crippen LogP contribution in [0.2, 0.25) is 0 Å². The third-order valence-electron chi connectivity index (χ3n) is 1.32. The molecule has 0 amide bonds. The van der Waals surface area contributed by atoms with Crippen LogP contribution in [0.3, 0.4) is 0 Å². The number of imidazole rings is 1. The number of nitrogens with zero attached hydrogens (tertiary/aromatic N) is 2. The zero-order valence-corrected chi connectivity index (χ0v) is 6.26. The summed E-state index contributed by atoms with van der Waals surface area (Å²) < 4.78 is 36.5. The van der Waals surface area contributed by atoms with Crippen molar-refractivity contribution in [2.75, 3.05) is 0 Å². The fourth-order valence-electron chi connectivity index (χ4n) is 0.831. The molecule has 0 spiro atoms. The SMILES string of the molecule is Cn1cc(O)nc1CC(F)(F)F. The van der Waals surface area contributed by atoms with E-state index in [1.165, 1.54) is 7.05 Å². The topological polar surface area (TPSA) is 38.0 Å². The minimum absolute atomic E-state index is 0.194. The molecule has 0 atom stereocenters. The second-order valence-electron chi connectivity index (χ2n) is 2.42. The molecule has 1 aromatic rings. The number of aromatic nitrogens is 2. The van der Waals surface area contributed by atoms with E-state index in [9.17, 15) is 13.2 Å². The van der Waals surface area contributed by atoms with Gasteiger partial charge in [-0.3, -0.25) is 0 Å². The molecule has 6 heteroatoms. The molecule has 0 fully saturated rings. The minimum atomic E-state index is -4.29. The van der Waals surface area contributed by atoms with E-state index in [2.05, 4.69) is 4.98 Å². The summed E-state index contributed by atoms with van der Waals surface area (Å²) in [5.41, 5.74) is 0. The molecule has 0 saturated heterocycles. The van der Waals surface area contributed by atoms with Crippen LogP contribution in [-0.2, 0) is 13.5 Å². The summed E-state index contributed by atoms with van der Waals surface area (Å²) in [5.74, 6) is -0.586. The van der Waals surface area contributed by atoms with Crippen LogP contribution >= 0.6 is 0 Å². The van der Waals surface area contributed by atoms with Crippen molar-refractivity contribution in [2.24, 2.45) is 7.05 Å². The average molecular weight is 180 g/mol. The number of aromatic hydroxyl groups is 1. The zero-order chi connectivity index (χ0) is 9.35. The average Bonchev–Trinajstić information content (AvgIpc) is 2.06. The molecule has 0 radical (unpaired) electrons. The summed E-state index contributed by atoms with van der Waals surface area (Å²) in [6.07, 6.45) is -4.28. The molecular formula is C6H7F3N2O. The predicted octanol–water partition coefficient (Wildman–Crippen LogP) is 1.23. The van der Waals surface area contributed by atoms with Crippen molar-refractivity contribution in [3.8, 4) is 5.88 Å². The van der Waals surface area contributed by atoms with Crippen molar-refractivity contribution < 1.29 is 18.3 Å². The van der Waals surface area contributed by atoms with Gasteiger partial charge in [0.1, 0.15) is 12.2 Å². The standard InChI is InChI=1S/C6H7F3N2O/c1-11-3-5(12)10-4(11)2-6(7,8)9/h3,12H,2H2,1H3. The molecule has 0 aliphatic rings. The van der Waals surface area contributed by atoms with E-state index >= 15 is 0 Å². The second kappa shape index (κ2) is 2.69. The van der Waals surface area contributed by atoms with E-state index in [0.717, 1.165) is 10.8 Å². The number of rotatable bonds is 1. The first kappa shape index (κ1) is 8.89. The summed E-state index contributed by atoms with van der Waals surface area (Å²) >= 11 is 0. The molecule has 0 aliphatic carbocycles. The number of aryl methyl sites for hydroxylation is 1. The van der Waals surface area contributed by atoms with E-state index in [0.29, 0.717) is 0 Å². The van der Waals surface area contributed by atoms with E-state index < -0.39 is 18.5 Å². The largest absolute Gasteiger partial charge is 0.492 e. The number of halogens is 3. The van der Waals surface area contributed by atoms with Crippen molar-refractivity contribution in [2.45, 2.75) is 12.6 Å². The normalized spacial score (nSPS) is 12.0. The van der Waals surface area contributed by atoms with Gasteiger partial charge in [-0.05, 0) is 0 Å². The first-order valence-corrected chi connectivity index (χ1v) is 3.16. The molecule has 1 N–H and O–H groups in total. The van der Waals surface area contributed by atoms with Gasteiger partial charge in [-0.2, -0.15) is 18.2 Å². The van der Waals surface area contributed by atoms with Gasteiger partial charge >= 0.3 is 6.18 Å². The second-order valence-corrected chi connectivity index (χ2v) is 2.42. The maximum absolute atomic E-state index is 11.8. The quantitative estimate of drug-likeness (QED) is 0.705. The zero-order valence-electron chi connectivity index (χ0n) is 6.26. The lowest BCUT2D eigenvalue weighted by Crippen LogP contribution is -2.14. The molecule has 3 nitrogen and oxygen atoms in total. The summed E-state index contributed by atoms with van der Waals surface area (Å²) in [6, 6.07) is 0. The van der Waals surface area contributed by atoms with Crippen molar-refractivity contribution in [3.05, 3.63) is 12.0 Å². The van der Waals surface area contributed by atoms with Gasteiger partial charge in [0, 0.05) is 7.05 Å². The van der Waals surface area contributed by atoms with Crippen LogP contribution in [-0.4, -0.2) is 20.8 Å². The Hall–Kier alpha value is -1.20. The van der Waals surface area contributed by atoms with E-state index in [-0.39, 0.29) is 5.82 Å². The van der Waals surface area contributed by atoms with Gasteiger partial charge in [0.25, 0.3) is 0 Å². The van der Waals surface area contributed by atoms with Crippen LogP contribution < -0.4 is 0 Å². The maximum Gasteiger partial charge on any atom is 0.396 e. The van der Waals surface area contributed by atoms with Gasteiger partial charge in [0.15, 0.2) is 0 Å². The molecule has 0 saturated carbocycles. The molecule has 1 aromatic heterocycles. The Labute approximate surface area is 66.5 Å². The first-order valence-electron chi connectivity index (χ1n) is 3.16. The van der Waals surface area contributed by atoms with Gasteiger partial charge in [0.2, 0.25) is 5.88 Å². The van der Waals surface area contributed by atoms with Gasteiger partial charge in [-0.15, -0.1) is 0 Å². The van der Waals surface area contributed by atoms with Crippen LogP contribution in [0.5, 0.6) is 5.88 Å². The third-order valence-corrected chi connectivity index (χ3v) is 1.32. The first-order chi connectivity index (χ1) is 5.38. The molecule has 12 heavy (non-hydrogen) atoms. The fraction of sp³-hybridized carbons (Fsp3) is 0.500. The number of hydrogen-bond acceptors (Lipinski definition) is 2. The van der Waals surface area contributed by atoms with Crippen molar-refractivity contribution >= 4 is 0 Å². The predicted molar refractivity (Wildman–Crippen MR) is 34.6 cm³/mol. The summed E-state index contributed by atoms with van der Waals surface area (Å²) in [7, 11) is 1.40. The van der Waals surface area contributed by atoms with E-state index in [4.69, 9.17) is 5.11 Å².